The Kier molecular flexibility index (Phi) is 2.95. The van der Waals surface area contributed by atoms with E-state index in [2.05, 4.69) is 10.3 Å². The van der Waals surface area contributed by atoms with Gasteiger partial charge in [-0.25, -0.2) is 9.78 Å². The molecule has 0 bridgehead atoms. The number of alkyl halides is 3. The smallest absolute Gasteiger partial charge is 0.433 e. The summed E-state index contributed by atoms with van der Waals surface area (Å²) in [6, 6.07) is 1.55. The summed E-state index contributed by atoms with van der Waals surface area (Å²) in [5, 5.41) is 11.7. The van der Waals surface area contributed by atoms with Crippen molar-refractivity contribution >= 4 is 11.8 Å². The van der Waals surface area contributed by atoms with Crippen LogP contribution in [-0.4, -0.2) is 22.1 Å². The fourth-order valence-electron chi connectivity index (χ4n) is 1.78. The van der Waals surface area contributed by atoms with Gasteiger partial charge in [0, 0.05) is 6.04 Å². The number of nitrogens with one attached hydrogen (secondary N) is 1. The van der Waals surface area contributed by atoms with Crippen LogP contribution in [0, 0.1) is 5.41 Å². The molecule has 2 N–H and O–H groups in total. The predicted octanol–water partition coefficient (Wildman–Crippen LogP) is 3.01. The summed E-state index contributed by atoms with van der Waals surface area (Å²) in [6.07, 6.45) is -3.82. The molecule has 1 aromatic rings. The highest BCUT2D eigenvalue weighted by atomic mass is 19.4. The Labute approximate surface area is 107 Å². The molecule has 0 saturated heterocycles. The van der Waals surface area contributed by atoms with E-state index in [4.69, 9.17) is 5.11 Å². The number of halogens is 3. The summed E-state index contributed by atoms with van der Waals surface area (Å²) in [7, 11) is 0. The fraction of sp³-hybridized carbons (Fsp3) is 0.500. The molecule has 1 fully saturated rings. The first-order valence-electron chi connectivity index (χ1n) is 5.69. The second kappa shape index (κ2) is 4.11. The molecule has 104 valence electrons. The fourth-order valence-corrected chi connectivity index (χ4v) is 1.78. The quantitative estimate of drug-likeness (QED) is 0.889. The monoisotopic (exact) mass is 274 g/mol. The number of rotatable bonds is 3. The van der Waals surface area contributed by atoms with Crippen LogP contribution >= 0.6 is 0 Å². The van der Waals surface area contributed by atoms with E-state index in [-0.39, 0.29) is 22.8 Å². The summed E-state index contributed by atoms with van der Waals surface area (Å²) in [5.74, 6) is -1.53. The third-order valence-electron chi connectivity index (χ3n) is 3.24. The summed E-state index contributed by atoms with van der Waals surface area (Å²) in [5.41, 5.74) is -1.40. The molecular formula is C12H13F3N2O2. The SMILES string of the molecule is CC1(C)CC1Nc1nc(C(F)(F)F)ccc1C(=O)O. The molecule has 1 heterocycles. The Morgan fingerprint density at radius 2 is 2.05 bits per heavy atom. The van der Waals surface area contributed by atoms with Crippen molar-refractivity contribution in [3.8, 4) is 0 Å². The highest BCUT2D eigenvalue weighted by Crippen LogP contribution is 2.46. The van der Waals surface area contributed by atoms with Gasteiger partial charge in [0.15, 0.2) is 0 Å². The number of nitrogens with zero attached hydrogens (tertiary/aromatic N) is 1. The maximum Gasteiger partial charge on any atom is 0.433 e. The lowest BCUT2D eigenvalue weighted by molar-refractivity contribution is -0.141. The molecule has 1 aromatic heterocycles. The molecule has 0 radical (unpaired) electrons. The Hall–Kier alpha value is -1.79. The van der Waals surface area contributed by atoms with Gasteiger partial charge < -0.3 is 10.4 Å². The van der Waals surface area contributed by atoms with Gasteiger partial charge in [0.2, 0.25) is 0 Å². The van der Waals surface area contributed by atoms with Gasteiger partial charge in [-0.3, -0.25) is 0 Å². The minimum Gasteiger partial charge on any atom is -0.478 e. The van der Waals surface area contributed by atoms with E-state index < -0.39 is 17.8 Å². The second-order valence-electron chi connectivity index (χ2n) is 5.29. The largest absolute Gasteiger partial charge is 0.478 e. The maximum absolute atomic E-state index is 12.6. The van der Waals surface area contributed by atoms with Crippen LogP contribution in [0.15, 0.2) is 12.1 Å². The summed E-state index contributed by atoms with van der Waals surface area (Å²) >= 11 is 0. The van der Waals surface area contributed by atoms with Gasteiger partial charge in [-0.15, -0.1) is 0 Å². The molecule has 1 aliphatic carbocycles. The van der Waals surface area contributed by atoms with Crippen molar-refractivity contribution in [1.82, 2.24) is 4.98 Å². The van der Waals surface area contributed by atoms with E-state index in [1.807, 2.05) is 13.8 Å². The van der Waals surface area contributed by atoms with Crippen LogP contribution in [0.3, 0.4) is 0 Å². The van der Waals surface area contributed by atoms with Gasteiger partial charge in [0.1, 0.15) is 17.1 Å². The molecule has 7 heteroatoms. The van der Waals surface area contributed by atoms with Crippen molar-refractivity contribution in [3.63, 3.8) is 0 Å². The zero-order valence-electron chi connectivity index (χ0n) is 10.4. The molecule has 0 aromatic carbocycles. The zero-order valence-corrected chi connectivity index (χ0v) is 10.4. The van der Waals surface area contributed by atoms with Crippen molar-refractivity contribution in [3.05, 3.63) is 23.4 Å². The molecule has 0 spiro atoms. The number of anilines is 1. The van der Waals surface area contributed by atoms with Crippen molar-refractivity contribution in [1.29, 1.82) is 0 Å². The van der Waals surface area contributed by atoms with Gasteiger partial charge in [-0.2, -0.15) is 13.2 Å². The van der Waals surface area contributed by atoms with Gasteiger partial charge in [0.25, 0.3) is 0 Å². The minimum absolute atomic E-state index is 0.0499. The number of aromatic nitrogens is 1. The first kappa shape index (κ1) is 13.6. The standard InChI is InChI=1S/C12H13F3N2O2/c1-11(2)5-8(11)17-9-6(10(18)19)3-4-7(16-9)12(13,14)15/h3-4,8H,5H2,1-2H3,(H,16,17)(H,18,19). The van der Waals surface area contributed by atoms with Gasteiger partial charge in [0.05, 0.1) is 0 Å². The van der Waals surface area contributed by atoms with Crippen LogP contribution in [0.25, 0.3) is 0 Å². The molecule has 1 unspecified atom stereocenters. The van der Waals surface area contributed by atoms with Crippen LogP contribution < -0.4 is 5.32 Å². The van der Waals surface area contributed by atoms with Crippen LogP contribution in [0.5, 0.6) is 0 Å². The summed E-state index contributed by atoms with van der Waals surface area (Å²) < 4.78 is 37.7. The van der Waals surface area contributed by atoms with Crippen LogP contribution in [0.4, 0.5) is 19.0 Å². The number of aromatic carboxylic acids is 1. The number of carboxylic acid groups (broad SMARTS) is 1. The van der Waals surface area contributed by atoms with Crippen LogP contribution in [-0.2, 0) is 6.18 Å². The van der Waals surface area contributed by atoms with E-state index in [0.717, 1.165) is 12.5 Å². The molecule has 4 nitrogen and oxygen atoms in total. The predicted molar refractivity (Wildman–Crippen MR) is 62.0 cm³/mol. The molecule has 19 heavy (non-hydrogen) atoms. The van der Waals surface area contributed by atoms with Gasteiger partial charge in [-0.05, 0) is 24.0 Å². The van der Waals surface area contributed by atoms with E-state index >= 15 is 0 Å². The maximum atomic E-state index is 12.6. The van der Waals surface area contributed by atoms with E-state index in [0.29, 0.717) is 6.07 Å². The van der Waals surface area contributed by atoms with Crippen molar-refractivity contribution < 1.29 is 23.1 Å². The van der Waals surface area contributed by atoms with Crippen LogP contribution in [0.2, 0.25) is 0 Å². The molecule has 2 rings (SSSR count). The van der Waals surface area contributed by atoms with Crippen molar-refractivity contribution in [2.75, 3.05) is 5.32 Å². The molecule has 0 aliphatic heterocycles. The highest BCUT2D eigenvalue weighted by Gasteiger charge is 2.46. The number of pyridine rings is 1. The molecule has 1 saturated carbocycles. The average molecular weight is 274 g/mol. The topological polar surface area (TPSA) is 62.2 Å². The molecular weight excluding hydrogens is 261 g/mol. The number of carboxylic acids is 1. The summed E-state index contributed by atoms with van der Waals surface area (Å²) in [4.78, 5) is 14.4. The highest BCUT2D eigenvalue weighted by molar-refractivity contribution is 5.93. The first-order chi connectivity index (χ1) is 8.61. The molecule has 1 atom stereocenters. The molecule has 0 amide bonds. The van der Waals surface area contributed by atoms with E-state index in [1.165, 1.54) is 0 Å². The number of carbonyl (C=O) groups is 1. The Bertz CT molecular complexity index is 526. The van der Waals surface area contributed by atoms with E-state index in [9.17, 15) is 18.0 Å². The lowest BCUT2D eigenvalue weighted by Crippen LogP contribution is -2.17. The van der Waals surface area contributed by atoms with Gasteiger partial charge in [-0.1, -0.05) is 13.8 Å². The lowest BCUT2D eigenvalue weighted by atomic mass is 10.2. The van der Waals surface area contributed by atoms with Crippen LogP contribution in [0.1, 0.15) is 36.3 Å². The minimum atomic E-state index is -4.59. The normalized spacial score (nSPS) is 21.0. The van der Waals surface area contributed by atoms with Crippen molar-refractivity contribution in [2.45, 2.75) is 32.5 Å². The third-order valence-corrected chi connectivity index (χ3v) is 3.24. The Balaban J connectivity index is 2.34. The number of hydrogen-bond acceptors (Lipinski definition) is 3. The molecule has 1 aliphatic rings. The summed E-state index contributed by atoms with van der Waals surface area (Å²) in [6.45, 7) is 3.89. The third kappa shape index (κ3) is 2.80. The van der Waals surface area contributed by atoms with E-state index in [1.54, 1.807) is 0 Å². The first-order valence-corrected chi connectivity index (χ1v) is 5.69. The zero-order chi connectivity index (χ0) is 14.4. The second-order valence-corrected chi connectivity index (χ2v) is 5.29. The number of hydrogen-bond donors (Lipinski definition) is 2. The Morgan fingerprint density at radius 3 is 2.47 bits per heavy atom. The Morgan fingerprint density at radius 1 is 1.47 bits per heavy atom. The van der Waals surface area contributed by atoms with Gasteiger partial charge >= 0.3 is 12.1 Å². The lowest BCUT2D eigenvalue weighted by Gasteiger charge is -2.13. The van der Waals surface area contributed by atoms with Crippen molar-refractivity contribution in [2.24, 2.45) is 5.41 Å². The average Bonchev–Trinajstić information content (AvgIpc) is 2.84.